The minimum Gasteiger partial charge on any atom is -0.359 e. The molecule has 6 nitrogen and oxygen atoms in total. The molecule has 0 atom stereocenters. The first-order valence-corrected chi connectivity index (χ1v) is 9.16. The Morgan fingerprint density at radius 2 is 1.80 bits per heavy atom. The number of sulfonamides is 1. The third-order valence-electron chi connectivity index (χ3n) is 3.91. The third kappa shape index (κ3) is 2.61. The summed E-state index contributed by atoms with van der Waals surface area (Å²) in [5, 5.41) is 4.53. The van der Waals surface area contributed by atoms with Crippen molar-refractivity contribution in [3.63, 3.8) is 0 Å². The zero-order valence-corrected chi connectivity index (χ0v) is 14.3. The lowest BCUT2D eigenvalue weighted by Gasteiger charge is -2.12. The smallest absolute Gasteiger partial charge is 0.269 e. The molecule has 0 saturated carbocycles. The van der Waals surface area contributed by atoms with Gasteiger partial charge in [0.15, 0.2) is 5.76 Å². The second kappa shape index (κ2) is 5.72. The van der Waals surface area contributed by atoms with Crippen LogP contribution in [0.3, 0.4) is 0 Å². The molecule has 8 heteroatoms. The fraction of sp³-hybridized carbons (Fsp3) is 0.0588. The van der Waals surface area contributed by atoms with Crippen molar-refractivity contribution in [3.8, 4) is 11.3 Å². The fourth-order valence-electron chi connectivity index (χ4n) is 2.67. The first kappa shape index (κ1) is 15.9. The van der Waals surface area contributed by atoms with Crippen LogP contribution in [0.15, 0.2) is 64.0 Å². The normalized spacial score (nSPS) is 15.4. The molecule has 1 aliphatic rings. The number of aromatic nitrogens is 1. The molecule has 2 heterocycles. The number of amides is 1. The zero-order valence-electron chi connectivity index (χ0n) is 12.7. The molecule has 1 amide bonds. The standard InChI is InChI=1S/C17H11ClN2O4S/c18-12-7-5-11(6-8-12)15-9-13(24-19-15)10-20-17(21)14-3-1-2-4-16(14)25(20,22)23/h1-9H,10H2. The van der Waals surface area contributed by atoms with Gasteiger partial charge in [-0.15, -0.1) is 0 Å². The van der Waals surface area contributed by atoms with Crippen LogP contribution in [-0.4, -0.2) is 23.8 Å². The molecule has 1 aliphatic heterocycles. The summed E-state index contributed by atoms with van der Waals surface area (Å²) in [5.74, 6) is -0.297. The molecule has 3 aromatic rings. The minimum atomic E-state index is -3.88. The van der Waals surface area contributed by atoms with Crippen LogP contribution in [0.4, 0.5) is 0 Å². The molecule has 0 N–H and O–H groups in total. The molecule has 0 spiro atoms. The third-order valence-corrected chi connectivity index (χ3v) is 5.95. The average Bonchev–Trinajstić information content (AvgIpc) is 3.14. The van der Waals surface area contributed by atoms with Crippen LogP contribution in [0.1, 0.15) is 16.1 Å². The largest absolute Gasteiger partial charge is 0.359 e. The Kier molecular flexibility index (Phi) is 3.63. The van der Waals surface area contributed by atoms with E-state index in [0.717, 1.165) is 9.87 Å². The van der Waals surface area contributed by atoms with Gasteiger partial charge in [-0.3, -0.25) is 4.79 Å². The molecule has 0 saturated heterocycles. The molecule has 0 unspecified atom stereocenters. The molecule has 0 bridgehead atoms. The summed E-state index contributed by atoms with van der Waals surface area (Å²) < 4.78 is 31.1. The van der Waals surface area contributed by atoms with E-state index >= 15 is 0 Å². The van der Waals surface area contributed by atoms with E-state index in [-0.39, 0.29) is 22.8 Å². The van der Waals surface area contributed by atoms with E-state index in [1.807, 2.05) is 0 Å². The second-order valence-corrected chi connectivity index (χ2v) is 7.77. The molecular weight excluding hydrogens is 364 g/mol. The molecule has 0 aliphatic carbocycles. The lowest BCUT2D eigenvalue weighted by Crippen LogP contribution is -2.29. The average molecular weight is 375 g/mol. The van der Waals surface area contributed by atoms with Crippen molar-refractivity contribution in [2.45, 2.75) is 11.4 Å². The molecule has 2 aromatic carbocycles. The Labute approximate surface area is 148 Å². The summed E-state index contributed by atoms with van der Waals surface area (Å²) >= 11 is 5.85. The summed E-state index contributed by atoms with van der Waals surface area (Å²) in [6.07, 6.45) is 0. The van der Waals surface area contributed by atoms with E-state index in [1.54, 1.807) is 42.5 Å². The Bertz CT molecular complexity index is 1070. The Hall–Kier alpha value is -2.64. The van der Waals surface area contributed by atoms with Crippen LogP contribution < -0.4 is 0 Å². The number of benzene rings is 2. The van der Waals surface area contributed by atoms with Crippen LogP contribution in [0.2, 0.25) is 5.02 Å². The molecule has 0 fully saturated rings. The van der Waals surface area contributed by atoms with Crippen molar-refractivity contribution < 1.29 is 17.7 Å². The number of fused-ring (bicyclic) bond motifs is 1. The van der Waals surface area contributed by atoms with Gasteiger partial charge in [0.1, 0.15) is 10.6 Å². The quantitative estimate of drug-likeness (QED) is 0.702. The number of nitrogens with zero attached hydrogens (tertiary/aromatic N) is 2. The van der Waals surface area contributed by atoms with Gasteiger partial charge in [-0.2, -0.15) is 0 Å². The van der Waals surface area contributed by atoms with Gasteiger partial charge in [0, 0.05) is 16.7 Å². The number of carbonyl (C=O) groups is 1. The highest BCUT2D eigenvalue weighted by Gasteiger charge is 2.41. The lowest BCUT2D eigenvalue weighted by molar-refractivity contribution is 0.0856. The molecule has 0 radical (unpaired) electrons. The summed E-state index contributed by atoms with van der Waals surface area (Å²) in [5.41, 5.74) is 1.48. The molecule has 4 rings (SSSR count). The highest BCUT2D eigenvalue weighted by molar-refractivity contribution is 7.90. The lowest BCUT2D eigenvalue weighted by atomic mass is 10.1. The maximum Gasteiger partial charge on any atom is 0.269 e. The summed E-state index contributed by atoms with van der Waals surface area (Å²) in [4.78, 5) is 12.4. The van der Waals surface area contributed by atoms with Gasteiger partial charge < -0.3 is 4.52 Å². The van der Waals surface area contributed by atoms with Crippen molar-refractivity contribution in [1.82, 2.24) is 9.46 Å². The van der Waals surface area contributed by atoms with Crippen LogP contribution in [0.5, 0.6) is 0 Å². The van der Waals surface area contributed by atoms with E-state index in [2.05, 4.69) is 5.16 Å². The number of rotatable bonds is 3. The molecular formula is C17H11ClN2O4S. The van der Waals surface area contributed by atoms with Crippen molar-refractivity contribution in [2.75, 3.05) is 0 Å². The Morgan fingerprint density at radius 1 is 1.08 bits per heavy atom. The highest BCUT2D eigenvalue weighted by Crippen LogP contribution is 2.32. The summed E-state index contributed by atoms with van der Waals surface area (Å²) in [6, 6.07) is 14.7. The molecule has 25 heavy (non-hydrogen) atoms. The summed E-state index contributed by atoms with van der Waals surface area (Å²) in [6.45, 7) is -0.212. The van der Waals surface area contributed by atoms with E-state index in [4.69, 9.17) is 16.1 Å². The predicted octanol–water partition coefficient (Wildman–Crippen LogP) is 3.34. The van der Waals surface area contributed by atoms with Gasteiger partial charge in [-0.25, -0.2) is 12.7 Å². The fourth-order valence-corrected chi connectivity index (χ4v) is 4.33. The van der Waals surface area contributed by atoms with Crippen LogP contribution >= 0.6 is 11.6 Å². The first-order chi connectivity index (χ1) is 12.0. The summed E-state index contributed by atoms with van der Waals surface area (Å²) in [7, 11) is -3.88. The number of hydrogen-bond acceptors (Lipinski definition) is 5. The van der Waals surface area contributed by atoms with Crippen LogP contribution in [0, 0.1) is 0 Å². The van der Waals surface area contributed by atoms with Crippen molar-refractivity contribution in [2.24, 2.45) is 0 Å². The van der Waals surface area contributed by atoms with Crippen molar-refractivity contribution in [3.05, 3.63) is 70.9 Å². The SMILES string of the molecule is O=C1c2ccccc2S(=O)(=O)N1Cc1cc(-c2ccc(Cl)cc2)no1. The number of halogens is 1. The Balaban J connectivity index is 1.64. The monoisotopic (exact) mass is 374 g/mol. The van der Waals surface area contributed by atoms with Gasteiger partial charge in [-0.1, -0.05) is 41.0 Å². The van der Waals surface area contributed by atoms with Gasteiger partial charge >= 0.3 is 0 Å². The topological polar surface area (TPSA) is 80.5 Å². The van der Waals surface area contributed by atoms with Gasteiger partial charge in [0.25, 0.3) is 15.9 Å². The predicted molar refractivity (Wildman–Crippen MR) is 90.5 cm³/mol. The maximum atomic E-state index is 12.5. The second-order valence-electron chi connectivity index (χ2n) is 5.50. The zero-order chi connectivity index (χ0) is 17.6. The minimum absolute atomic E-state index is 0.0115. The maximum absolute atomic E-state index is 12.5. The van der Waals surface area contributed by atoms with Crippen molar-refractivity contribution in [1.29, 1.82) is 0 Å². The van der Waals surface area contributed by atoms with E-state index in [1.165, 1.54) is 12.1 Å². The van der Waals surface area contributed by atoms with Crippen molar-refractivity contribution >= 4 is 27.5 Å². The van der Waals surface area contributed by atoms with E-state index in [0.29, 0.717) is 10.7 Å². The number of carbonyl (C=O) groups excluding carboxylic acids is 1. The van der Waals surface area contributed by atoms with E-state index < -0.39 is 15.9 Å². The molecule has 126 valence electrons. The Morgan fingerprint density at radius 3 is 2.52 bits per heavy atom. The van der Waals surface area contributed by atoms with Gasteiger partial charge in [0.05, 0.1) is 12.1 Å². The van der Waals surface area contributed by atoms with E-state index in [9.17, 15) is 13.2 Å². The van der Waals surface area contributed by atoms with Crippen LogP contribution in [0.25, 0.3) is 11.3 Å². The first-order valence-electron chi connectivity index (χ1n) is 7.34. The van der Waals surface area contributed by atoms with Gasteiger partial charge in [-0.05, 0) is 24.3 Å². The molecule has 1 aromatic heterocycles. The van der Waals surface area contributed by atoms with Gasteiger partial charge in [0.2, 0.25) is 0 Å². The van der Waals surface area contributed by atoms with Crippen LogP contribution in [-0.2, 0) is 16.6 Å². The highest BCUT2D eigenvalue weighted by atomic mass is 35.5. The number of hydrogen-bond donors (Lipinski definition) is 0.